The second kappa shape index (κ2) is 3.99. The molecule has 1 aliphatic heterocycles. The molecule has 1 aliphatic rings. The van der Waals surface area contributed by atoms with Crippen LogP contribution in [0.5, 0.6) is 0 Å². The second-order valence-electron chi connectivity index (χ2n) is 2.80. The summed E-state index contributed by atoms with van der Waals surface area (Å²) in [6.45, 7) is 5.47. The van der Waals surface area contributed by atoms with Crippen molar-refractivity contribution in [2.75, 3.05) is 19.6 Å². The average Bonchev–Trinajstić information content (AvgIpc) is 2.34. The Morgan fingerprint density at radius 2 is 2.10 bits per heavy atom. The van der Waals surface area contributed by atoms with Crippen molar-refractivity contribution in [1.82, 2.24) is 4.90 Å². The summed E-state index contributed by atoms with van der Waals surface area (Å²) >= 11 is 5.69. The topological polar surface area (TPSA) is 3.24 Å². The van der Waals surface area contributed by atoms with E-state index >= 15 is 0 Å². The quantitative estimate of drug-likeness (QED) is 0.598. The average molecular weight is 160 g/mol. The van der Waals surface area contributed by atoms with Crippen LogP contribution >= 0.6 is 11.6 Å². The molecule has 0 N–H and O–H groups in total. The van der Waals surface area contributed by atoms with Gasteiger partial charge < -0.3 is 0 Å². The highest BCUT2D eigenvalue weighted by atomic mass is 35.5. The van der Waals surface area contributed by atoms with Crippen molar-refractivity contribution < 1.29 is 0 Å². The Bertz CT molecular complexity index is 121. The Kier molecular flexibility index (Phi) is 3.23. The third kappa shape index (κ3) is 2.72. The highest BCUT2D eigenvalue weighted by Crippen LogP contribution is 2.07. The first-order valence-corrected chi connectivity index (χ1v) is 4.21. The van der Waals surface area contributed by atoms with Gasteiger partial charge in [-0.1, -0.05) is 17.7 Å². The van der Waals surface area contributed by atoms with Crippen molar-refractivity contribution >= 4 is 11.6 Å². The van der Waals surface area contributed by atoms with Crippen LogP contribution in [0.25, 0.3) is 0 Å². The van der Waals surface area contributed by atoms with Gasteiger partial charge in [0.15, 0.2) is 0 Å². The molecule has 0 amide bonds. The fraction of sp³-hybridized carbons (Fsp3) is 0.750. The molecule has 0 aromatic rings. The molecule has 58 valence electrons. The molecule has 0 bridgehead atoms. The molecule has 1 nitrogen and oxygen atoms in total. The molecule has 1 saturated heterocycles. The van der Waals surface area contributed by atoms with E-state index in [0.29, 0.717) is 0 Å². The number of allylic oxidation sites excluding steroid dienone is 1. The maximum absolute atomic E-state index is 5.69. The Morgan fingerprint density at radius 3 is 2.60 bits per heavy atom. The minimum atomic E-state index is 0.909. The second-order valence-corrected chi connectivity index (χ2v) is 3.39. The summed E-state index contributed by atoms with van der Waals surface area (Å²) < 4.78 is 0. The Balaban J connectivity index is 2.18. The van der Waals surface area contributed by atoms with Gasteiger partial charge in [0.2, 0.25) is 0 Å². The van der Waals surface area contributed by atoms with E-state index in [-0.39, 0.29) is 0 Å². The minimum absolute atomic E-state index is 0.909. The van der Waals surface area contributed by atoms with Gasteiger partial charge in [0, 0.05) is 11.6 Å². The molecule has 1 rings (SSSR count). The summed E-state index contributed by atoms with van der Waals surface area (Å²) in [7, 11) is 0. The molecule has 0 aromatic heterocycles. The molecule has 0 saturated carbocycles. The zero-order chi connectivity index (χ0) is 7.40. The van der Waals surface area contributed by atoms with Crippen molar-refractivity contribution in [3.63, 3.8) is 0 Å². The van der Waals surface area contributed by atoms with Gasteiger partial charge in [0.05, 0.1) is 0 Å². The summed E-state index contributed by atoms with van der Waals surface area (Å²) in [6.07, 6.45) is 4.79. The van der Waals surface area contributed by atoms with Crippen LogP contribution in [-0.2, 0) is 0 Å². The van der Waals surface area contributed by atoms with E-state index in [1.165, 1.54) is 25.9 Å². The number of rotatable bonds is 2. The van der Waals surface area contributed by atoms with Crippen LogP contribution in [0.2, 0.25) is 0 Å². The number of halogens is 1. The zero-order valence-corrected chi connectivity index (χ0v) is 7.19. The number of hydrogen-bond donors (Lipinski definition) is 0. The lowest BCUT2D eigenvalue weighted by atomic mass is 10.4. The third-order valence-electron chi connectivity index (χ3n) is 1.83. The molecule has 2 heteroatoms. The van der Waals surface area contributed by atoms with Crippen LogP contribution in [0.15, 0.2) is 11.1 Å². The minimum Gasteiger partial charge on any atom is -0.300 e. The number of nitrogens with zero attached hydrogens (tertiary/aromatic N) is 1. The first-order valence-electron chi connectivity index (χ1n) is 3.83. The van der Waals surface area contributed by atoms with Gasteiger partial charge in [0.1, 0.15) is 0 Å². The normalized spacial score (nSPS) is 22.0. The van der Waals surface area contributed by atoms with Gasteiger partial charge in [-0.3, -0.25) is 4.90 Å². The Labute approximate surface area is 67.7 Å². The first-order chi connectivity index (χ1) is 4.79. The van der Waals surface area contributed by atoms with Crippen LogP contribution in [-0.4, -0.2) is 24.5 Å². The lowest BCUT2D eigenvalue weighted by Crippen LogP contribution is -2.18. The predicted octanol–water partition coefficient (Wildman–Crippen LogP) is 2.22. The summed E-state index contributed by atoms with van der Waals surface area (Å²) in [5.41, 5.74) is 0. The summed E-state index contributed by atoms with van der Waals surface area (Å²) in [5, 5.41) is 0.909. The van der Waals surface area contributed by atoms with E-state index in [4.69, 9.17) is 11.6 Å². The molecule has 0 unspecified atom stereocenters. The summed E-state index contributed by atoms with van der Waals surface area (Å²) in [4.78, 5) is 2.42. The van der Waals surface area contributed by atoms with Gasteiger partial charge in [-0.15, -0.1) is 0 Å². The highest BCUT2D eigenvalue weighted by Gasteiger charge is 2.08. The van der Waals surface area contributed by atoms with E-state index in [9.17, 15) is 0 Å². The van der Waals surface area contributed by atoms with Crippen molar-refractivity contribution in [1.29, 1.82) is 0 Å². The molecule has 0 radical (unpaired) electrons. The molecule has 0 atom stereocenters. The van der Waals surface area contributed by atoms with E-state index in [1.54, 1.807) is 0 Å². The van der Waals surface area contributed by atoms with Crippen molar-refractivity contribution in [2.24, 2.45) is 0 Å². The van der Waals surface area contributed by atoms with Gasteiger partial charge in [-0.2, -0.15) is 0 Å². The third-order valence-corrected chi connectivity index (χ3v) is 1.98. The first kappa shape index (κ1) is 8.09. The zero-order valence-electron chi connectivity index (χ0n) is 6.44. The van der Waals surface area contributed by atoms with Gasteiger partial charge in [-0.05, 0) is 32.9 Å². The van der Waals surface area contributed by atoms with Crippen LogP contribution < -0.4 is 0 Å². The fourth-order valence-electron chi connectivity index (χ4n) is 1.22. The molecule has 0 aliphatic carbocycles. The summed E-state index contributed by atoms with van der Waals surface area (Å²) in [6, 6.07) is 0. The maximum atomic E-state index is 5.69. The molecule has 1 fully saturated rings. The number of hydrogen-bond acceptors (Lipinski definition) is 1. The van der Waals surface area contributed by atoms with E-state index in [1.807, 2.05) is 6.92 Å². The molecule has 0 spiro atoms. The van der Waals surface area contributed by atoms with Crippen molar-refractivity contribution in [2.45, 2.75) is 19.8 Å². The summed E-state index contributed by atoms with van der Waals surface area (Å²) in [5.74, 6) is 0. The fourth-order valence-corrected chi connectivity index (χ4v) is 1.29. The van der Waals surface area contributed by atoms with Crippen LogP contribution in [0.1, 0.15) is 19.8 Å². The number of likely N-dealkylation sites (tertiary alicyclic amines) is 1. The van der Waals surface area contributed by atoms with Gasteiger partial charge in [0.25, 0.3) is 0 Å². The van der Waals surface area contributed by atoms with Crippen molar-refractivity contribution in [3.8, 4) is 0 Å². The van der Waals surface area contributed by atoms with E-state index in [0.717, 1.165) is 11.6 Å². The Hall–Kier alpha value is -0.0100. The van der Waals surface area contributed by atoms with E-state index in [2.05, 4.69) is 11.0 Å². The van der Waals surface area contributed by atoms with Crippen LogP contribution in [0.4, 0.5) is 0 Å². The Morgan fingerprint density at radius 1 is 1.50 bits per heavy atom. The smallest absolute Gasteiger partial charge is 0.0177 e. The molecule has 10 heavy (non-hydrogen) atoms. The lowest BCUT2D eigenvalue weighted by Gasteiger charge is -2.10. The molecule has 1 heterocycles. The van der Waals surface area contributed by atoms with Gasteiger partial charge >= 0.3 is 0 Å². The lowest BCUT2D eigenvalue weighted by molar-refractivity contribution is 0.377. The largest absolute Gasteiger partial charge is 0.300 e. The molecular formula is C8H14ClN. The van der Waals surface area contributed by atoms with Crippen molar-refractivity contribution in [3.05, 3.63) is 11.1 Å². The SMILES string of the molecule is CC(Cl)=CCN1CCCC1. The standard InChI is InChI=1S/C8H14ClN/c1-8(9)4-7-10-5-2-3-6-10/h4H,2-3,5-7H2,1H3. The maximum Gasteiger partial charge on any atom is 0.0177 e. The van der Waals surface area contributed by atoms with Crippen LogP contribution in [0.3, 0.4) is 0 Å². The van der Waals surface area contributed by atoms with Gasteiger partial charge in [-0.25, -0.2) is 0 Å². The monoisotopic (exact) mass is 159 g/mol. The predicted molar refractivity (Wildman–Crippen MR) is 45.3 cm³/mol. The molecular weight excluding hydrogens is 146 g/mol. The highest BCUT2D eigenvalue weighted by molar-refractivity contribution is 6.29. The van der Waals surface area contributed by atoms with Crippen LogP contribution in [0, 0.1) is 0 Å². The van der Waals surface area contributed by atoms with E-state index < -0.39 is 0 Å². The molecule has 0 aromatic carbocycles.